The number of alkyl halides is 3. The molecule has 0 aromatic heterocycles. The molecule has 9 heteroatoms. The molecule has 3 nitrogen and oxygen atoms in total. The standard InChI is InChI=1S/C7H4BrF4NO2S/c8-5-2-3(16(13,14)15)1-4(6(5)9)7(10,11)12/h1-2H,(H2,13,14,15). The number of nitrogens with two attached hydrogens (primary N) is 1. The first-order chi connectivity index (χ1) is 7.03. The summed E-state index contributed by atoms with van der Waals surface area (Å²) >= 11 is 2.49. The molecule has 2 N–H and O–H groups in total. The molecule has 0 aliphatic carbocycles. The Morgan fingerprint density at radius 1 is 1.25 bits per heavy atom. The maximum atomic E-state index is 13.1. The minimum atomic E-state index is -4.99. The minimum absolute atomic E-state index is 0.148. The Kier molecular flexibility index (Phi) is 3.32. The van der Waals surface area contributed by atoms with Crippen molar-refractivity contribution < 1.29 is 26.0 Å². The molecule has 0 aliphatic rings. The van der Waals surface area contributed by atoms with Gasteiger partial charge in [0, 0.05) is 0 Å². The van der Waals surface area contributed by atoms with Crippen molar-refractivity contribution in [2.75, 3.05) is 0 Å². The average Bonchev–Trinajstić information content (AvgIpc) is 2.05. The molecule has 90 valence electrons. The zero-order valence-electron chi connectivity index (χ0n) is 7.35. The Labute approximate surface area is 96.4 Å². The van der Waals surface area contributed by atoms with Crippen LogP contribution in [0, 0.1) is 5.82 Å². The van der Waals surface area contributed by atoms with Gasteiger partial charge in [-0.1, -0.05) is 0 Å². The van der Waals surface area contributed by atoms with E-state index in [-0.39, 0.29) is 6.07 Å². The topological polar surface area (TPSA) is 60.2 Å². The summed E-state index contributed by atoms with van der Waals surface area (Å²) in [4.78, 5) is -0.812. The summed E-state index contributed by atoms with van der Waals surface area (Å²) < 4.78 is 71.0. The zero-order valence-corrected chi connectivity index (χ0v) is 9.75. The second-order valence-electron chi connectivity index (χ2n) is 2.81. The van der Waals surface area contributed by atoms with Crippen molar-refractivity contribution in [2.24, 2.45) is 5.14 Å². The van der Waals surface area contributed by atoms with Gasteiger partial charge >= 0.3 is 6.18 Å². The quantitative estimate of drug-likeness (QED) is 0.806. The van der Waals surface area contributed by atoms with E-state index < -0.39 is 36.9 Å². The molecule has 1 rings (SSSR count). The molecule has 0 bridgehead atoms. The molecular weight excluding hydrogens is 318 g/mol. The molecule has 0 amide bonds. The van der Waals surface area contributed by atoms with Crippen LogP contribution in [-0.4, -0.2) is 8.42 Å². The van der Waals surface area contributed by atoms with Gasteiger partial charge in [0.1, 0.15) is 5.82 Å². The second kappa shape index (κ2) is 3.97. The Morgan fingerprint density at radius 3 is 2.12 bits per heavy atom. The van der Waals surface area contributed by atoms with Gasteiger partial charge < -0.3 is 0 Å². The van der Waals surface area contributed by atoms with Crippen molar-refractivity contribution in [3.05, 3.63) is 28.0 Å². The lowest BCUT2D eigenvalue weighted by Gasteiger charge is -2.10. The van der Waals surface area contributed by atoms with Gasteiger partial charge in [0.2, 0.25) is 10.0 Å². The summed E-state index contributed by atoms with van der Waals surface area (Å²) in [5.74, 6) is -1.58. The van der Waals surface area contributed by atoms with Gasteiger partial charge in [-0.2, -0.15) is 13.2 Å². The predicted octanol–water partition coefficient (Wildman–Crippen LogP) is 2.25. The van der Waals surface area contributed by atoms with E-state index in [4.69, 9.17) is 0 Å². The van der Waals surface area contributed by atoms with Crippen molar-refractivity contribution in [3.63, 3.8) is 0 Å². The first-order valence-corrected chi connectivity index (χ1v) is 5.96. The summed E-state index contributed by atoms with van der Waals surface area (Å²) in [7, 11) is -4.32. The molecule has 0 spiro atoms. The maximum absolute atomic E-state index is 13.1. The van der Waals surface area contributed by atoms with E-state index >= 15 is 0 Å². The zero-order chi connectivity index (χ0) is 12.7. The molecule has 0 heterocycles. The van der Waals surface area contributed by atoms with Crippen molar-refractivity contribution >= 4 is 26.0 Å². The molecule has 0 saturated heterocycles. The van der Waals surface area contributed by atoms with Crippen molar-refractivity contribution in [3.8, 4) is 0 Å². The van der Waals surface area contributed by atoms with Crippen LogP contribution >= 0.6 is 15.9 Å². The summed E-state index contributed by atoms with van der Waals surface area (Å²) in [6.45, 7) is 0. The predicted molar refractivity (Wildman–Crippen MR) is 50.5 cm³/mol. The number of benzene rings is 1. The highest BCUT2D eigenvalue weighted by Crippen LogP contribution is 2.35. The van der Waals surface area contributed by atoms with Crippen LogP contribution in [0.15, 0.2) is 21.5 Å². The van der Waals surface area contributed by atoms with E-state index in [1.165, 1.54) is 0 Å². The van der Waals surface area contributed by atoms with Gasteiger partial charge in [-0.25, -0.2) is 17.9 Å². The SMILES string of the molecule is NS(=O)(=O)c1cc(Br)c(F)c(C(F)(F)F)c1. The van der Waals surface area contributed by atoms with Gasteiger partial charge in [-0.05, 0) is 28.1 Å². The molecule has 16 heavy (non-hydrogen) atoms. The number of halogens is 5. The summed E-state index contributed by atoms with van der Waals surface area (Å²) in [6.07, 6.45) is -4.99. The molecule has 0 atom stereocenters. The van der Waals surface area contributed by atoms with Crippen LogP contribution in [0.5, 0.6) is 0 Å². The van der Waals surface area contributed by atoms with Crippen LogP contribution in [0.25, 0.3) is 0 Å². The number of hydrogen-bond donors (Lipinski definition) is 1. The highest BCUT2D eigenvalue weighted by molar-refractivity contribution is 9.10. The lowest BCUT2D eigenvalue weighted by atomic mass is 10.2. The molecule has 0 fully saturated rings. The average molecular weight is 322 g/mol. The third kappa shape index (κ3) is 2.71. The molecule has 1 aromatic rings. The second-order valence-corrected chi connectivity index (χ2v) is 5.23. The third-order valence-electron chi connectivity index (χ3n) is 1.64. The van der Waals surface area contributed by atoms with E-state index in [9.17, 15) is 26.0 Å². The molecule has 0 aliphatic heterocycles. The fourth-order valence-electron chi connectivity index (χ4n) is 0.935. The lowest BCUT2D eigenvalue weighted by Crippen LogP contribution is -2.16. The summed E-state index contributed by atoms with van der Waals surface area (Å²) in [5, 5.41) is 4.65. The van der Waals surface area contributed by atoms with Gasteiger partial charge in [-0.15, -0.1) is 0 Å². The number of rotatable bonds is 1. The van der Waals surface area contributed by atoms with Gasteiger partial charge in [0.25, 0.3) is 0 Å². The Hall–Kier alpha value is -0.670. The molecule has 0 unspecified atom stereocenters. The van der Waals surface area contributed by atoms with Gasteiger partial charge in [0.15, 0.2) is 0 Å². The van der Waals surface area contributed by atoms with Crippen LogP contribution in [0.3, 0.4) is 0 Å². The van der Waals surface area contributed by atoms with Crippen LogP contribution in [-0.2, 0) is 16.2 Å². The first-order valence-electron chi connectivity index (χ1n) is 3.62. The lowest BCUT2D eigenvalue weighted by molar-refractivity contribution is -0.140. The fourth-order valence-corrected chi connectivity index (χ4v) is 2.11. The smallest absolute Gasteiger partial charge is 0.225 e. The third-order valence-corrected chi connectivity index (χ3v) is 3.11. The Morgan fingerprint density at radius 2 is 1.75 bits per heavy atom. The highest BCUT2D eigenvalue weighted by Gasteiger charge is 2.36. The summed E-state index contributed by atoms with van der Waals surface area (Å²) in [6, 6.07) is 0.815. The van der Waals surface area contributed by atoms with Crippen molar-refractivity contribution in [2.45, 2.75) is 11.1 Å². The normalized spacial score (nSPS) is 12.9. The van der Waals surface area contributed by atoms with Crippen LogP contribution in [0.1, 0.15) is 5.56 Å². The number of sulfonamides is 1. The van der Waals surface area contributed by atoms with Crippen LogP contribution in [0.4, 0.5) is 17.6 Å². The fraction of sp³-hybridized carbons (Fsp3) is 0.143. The number of hydrogen-bond acceptors (Lipinski definition) is 2. The number of primary sulfonamides is 1. The molecule has 1 aromatic carbocycles. The molecule has 0 radical (unpaired) electrons. The first kappa shape index (κ1) is 13.4. The molecule has 0 saturated carbocycles. The van der Waals surface area contributed by atoms with Crippen LogP contribution in [0.2, 0.25) is 0 Å². The minimum Gasteiger partial charge on any atom is -0.225 e. The van der Waals surface area contributed by atoms with E-state index in [0.29, 0.717) is 6.07 Å². The van der Waals surface area contributed by atoms with E-state index in [0.717, 1.165) is 0 Å². The van der Waals surface area contributed by atoms with Gasteiger partial charge in [0.05, 0.1) is 14.9 Å². The highest BCUT2D eigenvalue weighted by atomic mass is 79.9. The largest absolute Gasteiger partial charge is 0.419 e. The van der Waals surface area contributed by atoms with E-state index in [1.807, 2.05) is 0 Å². The van der Waals surface area contributed by atoms with Crippen molar-refractivity contribution in [1.82, 2.24) is 0 Å². The van der Waals surface area contributed by atoms with Gasteiger partial charge in [-0.3, -0.25) is 0 Å². The Bertz CT molecular complexity index is 526. The van der Waals surface area contributed by atoms with Crippen molar-refractivity contribution in [1.29, 1.82) is 0 Å². The maximum Gasteiger partial charge on any atom is 0.419 e. The Balaban J connectivity index is 3.59. The molecular formula is C7H4BrF4NO2S. The van der Waals surface area contributed by atoms with E-state index in [1.54, 1.807) is 0 Å². The summed E-state index contributed by atoms with van der Waals surface area (Å²) in [5.41, 5.74) is -1.69. The van der Waals surface area contributed by atoms with E-state index in [2.05, 4.69) is 21.1 Å². The van der Waals surface area contributed by atoms with Crippen LogP contribution < -0.4 is 5.14 Å². The monoisotopic (exact) mass is 321 g/mol.